The second-order valence-electron chi connectivity index (χ2n) is 7.86. The molecule has 5 rings (SSSR count). The third-order valence-electron chi connectivity index (χ3n) is 5.97. The molecule has 3 aliphatic heterocycles. The Labute approximate surface area is 160 Å². The molecule has 0 N–H and O–H groups in total. The maximum Gasteiger partial charge on any atom is 0.225 e. The quantitative estimate of drug-likeness (QED) is 0.828. The van der Waals surface area contributed by atoms with Crippen molar-refractivity contribution >= 4 is 5.95 Å². The van der Waals surface area contributed by atoms with E-state index in [1.807, 2.05) is 6.20 Å². The first kappa shape index (κ1) is 17.1. The average Bonchev–Trinajstić information content (AvgIpc) is 3.12. The fourth-order valence-corrected chi connectivity index (χ4v) is 4.55. The van der Waals surface area contributed by atoms with Gasteiger partial charge in [0.05, 0.1) is 37.5 Å². The van der Waals surface area contributed by atoms with Gasteiger partial charge in [0.25, 0.3) is 0 Å². The number of ether oxygens (including phenoxy) is 2. The molecule has 0 amide bonds. The number of aromatic nitrogens is 2. The summed E-state index contributed by atoms with van der Waals surface area (Å²) in [7, 11) is 0. The molecule has 1 spiro atoms. The normalized spacial score (nSPS) is 25.7. The molecule has 1 aromatic heterocycles. The SMILES string of the molecule is c1ccc(CN2CCC3(COCc4cnc(N5CCOCC5)nc43)C2)cc1. The molecule has 2 aromatic rings. The van der Waals surface area contributed by atoms with Crippen molar-refractivity contribution < 1.29 is 9.47 Å². The summed E-state index contributed by atoms with van der Waals surface area (Å²) in [6.45, 7) is 7.66. The Balaban J connectivity index is 1.40. The smallest absolute Gasteiger partial charge is 0.225 e. The first-order valence-corrected chi connectivity index (χ1v) is 9.86. The van der Waals surface area contributed by atoms with Gasteiger partial charge < -0.3 is 14.4 Å². The zero-order valence-corrected chi connectivity index (χ0v) is 15.6. The van der Waals surface area contributed by atoms with Gasteiger partial charge in [0.1, 0.15) is 0 Å². The third kappa shape index (κ3) is 3.33. The summed E-state index contributed by atoms with van der Waals surface area (Å²) >= 11 is 0. The molecule has 6 nitrogen and oxygen atoms in total. The van der Waals surface area contributed by atoms with Crippen molar-refractivity contribution in [1.82, 2.24) is 14.9 Å². The highest BCUT2D eigenvalue weighted by Gasteiger charge is 2.45. The molecule has 6 heteroatoms. The zero-order chi connectivity index (χ0) is 18.1. The number of hydrogen-bond donors (Lipinski definition) is 0. The Morgan fingerprint density at radius 1 is 1.04 bits per heavy atom. The van der Waals surface area contributed by atoms with Crippen molar-refractivity contribution in [2.75, 3.05) is 50.9 Å². The van der Waals surface area contributed by atoms with Gasteiger partial charge in [-0.3, -0.25) is 4.90 Å². The Hall–Kier alpha value is -2.02. The van der Waals surface area contributed by atoms with Gasteiger partial charge in [-0.15, -0.1) is 0 Å². The van der Waals surface area contributed by atoms with Crippen LogP contribution in [-0.2, 0) is 28.0 Å². The van der Waals surface area contributed by atoms with Crippen molar-refractivity contribution in [3.63, 3.8) is 0 Å². The van der Waals surface area contributed by atoms with E-state index < -0.39 is 0 Å². The molecule has 0 radical (unpaired) electrons. The summed E-state index contributed by atoms with van der Waals surface area (Å²) < 4.78 is 11.5. The summed E-state index contributed by atoms with van der Waals surface area (Å²) in [5, 5.41) is 0. The molecule has 1 atom stereocenters. The van der Waals surface area contributed by atoms with Gasteiger partial charge in [-0.25, -0.2) is 9.97 Å². The molecule has 1 unspecified atom stereocenters. The molecule has 0 bridgehead atoms. The van der Waals surface area contributed by atoms with Crippen LogP contribution in [0.3, 0.4) is 0 Å². The van der Waals surface area contributed by atoms with E-state index >= 15 is 0 Å². The van der Waals surface area contributed by atoms with Crippen LogP contribution in [0.2, 0.25) is 0 Å². The molecule has 2 fully saturated rings. The highest BCUT2D eigenvalue weighted by atomic mass is 16.5. The fourth-order valence-electron chi connectivity index (χ4n) is 4.55. The summed E-state index contributed by atoms with van der Waals surface area (Å²) in [4.78, 5) is 14.5. The van der Waals surface area contributed by atoms with Crippen molar-refractivity contribution in [2.45, 2.75) is 25.0 Å². The molecule has 3 aliphatic rings. The van der Waals surface area contributed by atoms with E-state index in [4.69, 9.17) is 14.5 Å². The lowest BCUT2D eigenvalue weighted by Gasteiger charge is -2.35. The van der Waals surface area contributed by atoms with E-state index in [2.05, 4.69) is 45.1 Å². The summed E-state index contributed by atoms with van der Waals surface area (Å²) in [6.07, 6.45) is 3.07. The van der Waals surface area contributed by atoms with Crippen LogP contribution >= 0.6 is 0 Å². The van der Waals surface area contributed by atoms with Crippen molar-refractivity contribution in [1.29, 1.82) is 0 Å². The number of likely N-dealkylation sites (tertiary alicyclic amines) is 1. The zero-order valence-electron chi connectivity index (χ0n) is 15.6. The maximum atomic E-state index is 5.98. The maximum absolute atomic E-state index is 5.98. The number of rotatable bonds is 3. The minimum absolute atomic E-state index is 0.00760. The van der Waals surface area contributed by atoms with E-state index in [1.54, 1.807) is 0 Å². The molecular weight excluding hydrogens is 340 g/mol. The standard InChI is InChI=1S/C21H26N4O2/c1-2-4-17(5-3-1)13-24-7-6-21(15-24)16-27-14-18-12-22-20(23-19(18)21)25-8-10-26-11-9-25/h1-5,12H,6-11,13-16H2. The molecule has 0 aliphatic carbocycles. The number of hydrogen-bond acceptors (Lipinski definition) is 6. The first-order chi connectivity index (χ1) is 13.3. The molecule has 0 saturated carbocycles. The van der Waals surface area contributed by atoms with Crippen LogP contribution in [0.15, 0.2) is 36.5 Å². The Morgan fingerprint density at radius 2 is 1.89 bits per heavy atom. The third-order valence-corrected chi connectivity index (χ3v) is 5.97. The lowest BCUT2D eigenvalue weighted by molar-refractivity contribution is 0.0502. The van der Waals surface area contributed by atoms with Gasteiger partial charge >= 0.3 is 0 Å². The second kappa shape index (κ2) is 7.19. The van der Waals surface area contributed by atoms with E-state index in [-0.39, 0.29) is 5.41 Å². The Bertz CT molecular complexity index is 794. The van der Waals surface area contributed by atoms with Crippen LogP contribution in [0, 0.1) is 0 Å². The van der Waals surface area contributed by atoms with Crippen LogP contribution in [0.4, 0.5) is 5.95 Å². The van der Waals surface area contributed by atoms with Crippen molar-refractivity contribution in [3.05, 3.63) is 53.3 Å². The molecule has 4 heterocycles. The van der Waals surface area contributed by atoms with Gasteiger partial charge in [-0.2, -0.15) is 0 Å². The molecular formula is C21H26N4O2. The predicted octanol–water partition coefficient (Wildman–Crippen LogP) is 1.99. The first-order valence-electron chi connectivity index (χ1n) is 9.86. The fraction of sp³-hybridized carbons (Fsp3) is 0.524. The lowest BCUT2D eigenvalue weighted by Crippen LogP contribution is -2.42. The minimum Gasteiger partial charge on any atom is -0.378 e. The molecule has 142 valence electrons. The van der Waals surface area contributed by atoms with Crippen LogP contribution < -0.4 is 4.90 Å². The number of nitrogens with zero attached hydrogens (tertiary/aromatic N) is 4. The van der Waals surface area contributed by atoms with Gasteiger partial charge in [0, 0.05) is 37.9 Å². The van der Waals surface area contributed by atoms with Gasteiger partial charge in [0.15, 0.2) is 0 Å². The molecule has 2 saturated heterocycles. The number of benzene rings is 1. The predicted molar refractivity (Wildman–Crippen MR) is 103 cm³/mol. The van der Waals surface area contributed by atoms with Crippen LogP contribution in [0.1, 0.15) is 23.2 Å². The van der Waals surface area contributed by atoms with Crippen LogP contribution in [0.25, 0.3) is 0 Å². The monoisotopic (exact) mass is 366 g/mol. The molecule has 27 heavy (non-hydrogen) atoms. The topological polar surface area (TPSA) is 50.7 Å². The van der Waals surface area contributed by atoms with Gasteiger partial charge in [-0.05, 0) is 18.5 Å². The van der Waals surface area contributed by atoms with Crippen LogP contribution in [0.5, 0.6) is 0 Å². The lowest BCUT2D eigenvalue weighted by atomic mass is 9.80. The summed E-state index contributed by atoms with van der Waals surface area (Å²) in [5.74, 6) is 0.847. The largest absolute Gasteiger partial charge is 0.378 e. The Morgan fingerprint density at radius 3 is 2.74 bits per heavy atom. The van der Waals surface area contributed by atoms with E-state index in [0.29, 0.717) is 6.61 Å². The van der Waals surface area contributed by atoms with Crippen LogP contribution in [-0.4, -0.2) is 60.9 Å². The van der Waals surface area contributed by atoms with Crippen molar-refractivity contribution in [3.8, 4) is 0 Å². The highest BCUT2D eigenvalue weighted by Crippen LogP contribution is 2.40. The van der Waals surface area contributed by atoms with E-state index in [0.717, 1.165) is 70.5 Å². The minimum atomic E-state index is -0.00760. The number of morpholine rings is 1. The number of fused-ring (bicyclic) bond motifs is 2. The van der Waals surface area contributed by atoms with E-state index in [1.165, 1.54) is 11.3 Å². The number of anilines is 1. The summed E-state index contributed by atoms with van der Waals surface area (Å²) in [6, 6.07) is 10.7. The van der Waals surface area contributed by atoms with E-state index in [9.17, 15) is 0 Å². The molecule has 1 aromatic carbocycles. The second-order valence-corrected chi connectivity index (χ2v) is 7.86. The van der Waals surface area contributed by atoms with Gasteiger partial charge in [-0.1, -0.05) is 30.3 Å². The Kier molecular flexibility index (Phi) is 4.55. The highest BCUT2D eigenvalue weighted by molar-refractivity contribution is 5.39. The van der Waals surface area contributed by atoms with Crippen molar-refractivity contribution in [2.24, 2.45) is 0 Å². The average molecular weight is 366 g/mol. The summed E-state index contributed by atoms with van der Waals surface area (Å²) in [5.41, 5.74) is 3.72. The van der Waals surface area contributed by atoms with Gasteiger partial charge in [0.2, 0.25) is 5.95 Å².